The third kappa shape index (κ3) is 3.74. The normalized spacial score (nSPS) is 16.9. The van der Waals surface area contributed by atoms with Gasteiger partial charge in [-0.25, -0.2) is 4.98 Å². The highest BCUT2D eigenvalue weighted by Gasteiger charge is 2.34. The summed E-state index contributed by atoms with van der Waals surface area (Å²) in [6, 6.07) is 9.86. The molecule has 2 aliphatic rings. The lowest BCUT2D eigenvalue weighted by Gasteiger charge is -2.19. The van der Waals surface area contributed by atoms with Crippen LogP contribution in [-0.2, 0) is 24.2 Å². The maximum atomic E-state index is 12.4. The molecule has 0 saturated heterocycles. The van der Waals surface area contributed by atoms with E-state index in [0.29, 0.717) is 17.5 Å². The molecule has 4 rings (SSSR count). The van der Waals surface area contributed by atoms with E-state index < -0.39 is 0 Å². The van der Waals surface area contributed by atoms with Crippen LogP contribution in [0.2, 0.25) is 0 Å². The van der Waals surface area contributed by atoms with Crippen molar-refractivity contribution in [2.75, 3.05) is 13.1 Å². The number of fused-ring (bicyclic) bond motifs is 1. The van der Waals surface area contributed by atoms with Crippen LogP contribution < -0.4 is 5.32 Å². The SMILES string of the molecule is O=C(NCc1ccccc1)c1nc2c(s1)CCN(C(=O)C1CC1)CC2. The Hall–Kier alpha value is -2.21. The Kier molecular flexibility index (Phi) is 4.53. The molecule has 1 N–H and O–H groups in total. The topological polar surface area (TPSA) is 62.3 Å². The molecular formula is C19H21N3O2S. The van der Waals surface area contributed by atoms with Crippen LogP contribution in [0.4, 0.5) is 0 Å². The monoisotopic (exact) mass is 355 g/mol. The molecule has 0 spiro atoms. The van der Waals surface area contributed by atoms with Crippen molar-refractivity contribution < 1.29 is 9.59 Å². The van der Waals surface area contributed by atoms with Gasteiger partial charge in [-0.15, -0.1) is 11.3 Å². The zero-order chi connectivity index (χ0) is 17.2. The Bertz CT molecular complexity index is 758. The average molecular weight is 355 g/mol. The van der Waals surface area contributed by atoms with Gasteiger partial charge in [-0.05, 0) is 18.4 Å². The van der Waals surface area contributed by atoms with E-state index in [9.17, 15) is 9.59 Å². The highest BCUT2D eigenvalue weighted by molar-refractivity contribution is 7.13. The first kappa shape index (κ1) is 16.3. The maximum Gasteiger partial charge on any atom is 0.280 e. The minimum Gasteiger partial charge on any atom is -0.346 e. The lowest BCUT2D eigenvalue weighted by atomic mass is 10.2. The van der Waals surface area contributed by atoms with Gasteiger partial charge in [-0.1, -0.05) is 30.3 Å². The molecule has 1 aromatic heterocycles. The van der Waals surface area contributed by atoms with Gasteiger partial charge in [0.25, 0.3) is 5.91 Å². The summed E-state index contributed by atoms with van der Waals surface area (Å²) < 4.78 is 0. The molecule has 0 radical (unpaired) electrons. The van der Waals surface area contributed by atoms with E-state index in [1.165, 1.54) is 11.3 Å². The number of aromatic nitrogens is 1. The van der Waals surface area contributed by atoms with Crippen LogP contribution in [0.1, 0.15) is 38.8 Å². The van der Waals surface area contributed by atoms with E-state index in [2.05, 4.69) is 10.3 Å². The zero-order valence-electron chi connectivity index (χ0n) is 14.0. The number of nitrogens with zero attached hydrogens (tertiary/aromatic N) is 2. The van der Waals surface area contributed by atoms with Gasteiger partial charge >= 0.3 is 0 Å². The molecule has 1 aliphatic heterocycles. The van der Waals surface area contributed by atoms with Gasteiger partial charge in [0.2, 0.25) is 5.91 Å². The van der Waals surface area contributed by atoms with E-state index in [1.807, 2.05) is 35.2 Å². The highest BCUT2D eigenvalue weighted by Crippen LogP contribution is 2.32. The molecule has 5 nitrogen and oxygen atoms in total. The number of benzene rings is 1. The van der Waals surface area contributed by atoms with Crippen molar-refractivity contribution in [1.82, 2.24) is 15.2 Å². The summed E-state index contributed by atoms with van der Waals surface area (Å²) in [4.78, 5) is 32.3. The minimum absolute atomic E-state index is 0.118. The first-order valence-electron chi connectivity index (χ1n) is 8.80. The van der Waals surface area contributed by atoms with Crippen molar-refractivity contribution in [3.63, 3.8) is 0 Å². The lowest BCUT2D eigenvalue weighted by Crippen LogP contribution is -2.34. The summed E-state index contributed by atoms with van der Waals surface area (Å²) >= 11 is 1.47. The van der Waals surface area contributed by atoms with Crippen molar-refractivity contribution in [2.45, 2.75) is 32.2 Å². The summed E-state index contributed by atoms with van der Waals surface area (Å²) in [5.74, 6) is 0.451. The molecule has 1 aromatic carbocycles. The second-order valence-electron chi connectivity index (χ2n) is 6.66. The first-order valence-corrected chi connectivity index (χ1v) is 9.62. The van der Waals surface area contributed by atoms with Crippen molar-refractivity contribution >= 4 is 23.2 Å². The predicted molar refractivity (Wildman–Crippen MR) is 96.4 cm³/mol. The van der Waals surface area contributed by atoms with Gasteiger partial charge in [0.05, 0.1) is 5.69 Å². The van der Waals surface area contributed by atoms with Crippen LogP contribution in [0.3, 0.4) is 0 Å². The van der Waals surface area contributed by atoms with Gasteiger partial charge < -0.3 is 10.2 Å². The van der Waals surface area contributed by atoms with Gasteiger partial charge in [0, 0.05) is 43.3 Å². The van der Waals surface area contributed by atoms with Gasteiger partial charge in [0.1, 0.15) is 0 Å². The molecule has 1 aliphatic carbocycles. The summed E-state index contributed by atoms with van der Waals surface area (Å²) in [6.45, 7) is 1.97. The quantitative estimate of drug-likeness (QED) is 0.916. The van der Waals surface area contributed by atoms with Crippen molar-refractivity contribution in [2.24, 2.45) is 5.92 Å². The number of thiazole rings is 1. The Balaban J connectivity index is 1.37. The molecule has 2 aromatic rings. The highest BCUT2D eigenvalue weighted by atomic mass is 32.1. The van der Waals surface area contributed by atoms with Crippen molar-refractivity contribution in [1.29, 1.82) is 0 Å². The molecule has 25 heavy (non-hydrogen) atoms. The Morgan fingerprint density at radius 2 is 1.92 bits per heavy atom. The van der Waals surface area contributed by atoms with E-state index in [0.717, 1.165) is 54.9 Å². The molecule has 1 fully saturated rings. The predicted octanol–water partition coefficient (Wildman–Crippen LogP) is 2.41. The van der Waals surface area contributed by atoms with Crippen LogP contribution >= 0.6 is 11.3 Å². The molecule has 1 saturated carbocycles. The summed E-state index contributed by atoms with van der Waals surface area (Å²) in [6.07, 6.45) is 3.63. The minimum atomic E-state index is -0.118. The Morgan fingerprint density at radius 1 is 1.16 bits per heavy atom. The smallest absolute Gasteiger partial charge is 0.280 e. The molecule has 2 heterocycles. The second kappa shape index (κ2) is 6.96. The van der Waals surface area contributed by atoms with Crippen LogP contribution in [0.15, 0.2) is 30.3 Å². The summed E-state index contributed by atoms with van der Waals surface area (Å²) in [5, 5.41) is 3.47. The van der Waals surface area contributed by atoms with E-state index >= 15 is 0 Å². The molecule has 2 amide bonds. The van der Waals surface area contributed by atoms with Crippen LogP contribution in [0.25, 0.3) is 0 Å². The van der Waals surface area contributed by atoms with Crippen LogP contribution in [0.5, 0.6) is 0 Å². The fourth-order valence-corrected chi connectivity index (χ4v) is 4.14. The fourth-order valence-electron chi connectivity index (χ4n) is 3.12. The van der Waals surface area contributed by atoms with E-state index in [1.54, 1.807) is 0 Å². The number of hydrogen-bond donors (Lipinski definition) is 1. The standard InChI is InChI=1S/C19H21N3O2S/c23-17(20-12-13-4-2-1-3-5-13)18-21-15-8-10-22(11-9-16(15)25-18)19(24)14-6-7-14/h1-5,14H,6-12H2,(H,20,23). The number of hydrogen-bond acceptors (Lipinski definition) is 4. The number of nitrogens with one attached hydrogen (secondary N) is 1. The van der Waals surface area contributed by atoms with E-state index in [4.69, 9.17) is 0 Å². The van der Waals surface area contributed by atoms with Crippen molar-refractivity contribution in [3.05, 3.63) is 51.5 Å². The molecule has 6 heteroatoms. The largest absolute Gasteiger partial charge is 0.346 e. The first-order chi connectivity index (χ1) is 12.2. The van der Waals surface area contributed by atoms with Gasteiger partial charge in [-0.2, -0.15) is 0 Å². The molecule has 130 valence electrons. The molecule has 0 atom stereocenters. The number of carbonyl (C=O) groups excluding carboxylic acids is 2. The maximum absolute atomic E-state index is 12.4. The zero-order valence-corrected chi connectivity index (χ0v) is 14.8. The second-order valence-corrected chi connectivity index (χ2v) is 7.74. The average Bonchev–Trinajstić information content (AvgIpc) is 3.44. The lowest BCUT2D eigenvalue weighted by molar-refractivity contribution is -0.132. The summed E-state index contributed by atoms with van der Waals surface area (Å²) in [5.41, 5.74) is 2.06. The van der Waals surface area contributed by atoms with Crippen LogP contribution in [-0.4, -0.2) is 34.8 Å². The third-order valence-corrected chi connectivity index (χ3v) is 5.89. The van der Waals surface area contributed by atoms with Gasteiger partial charge in [0.15, 0.2) is 5.01 Å². The molecular weight excluding hydrogens is 334 g/mol. The third-order valence-electron chi connectivity index (χ3n) is 4.73. The fraction of sp³-hybridized carbons (Fsp3) is 0.421. The van der Waals surface area contributed by atoms with Gasteiger partial charge in [-0.3, -0.25) is 9.59 Å². The Labute approximate surface area is 151 Å². The molecule has 0 unspecified atom stereocenters. The van der Waals surface area contributed by atoms with Crippen LogP contribution in [0, 0.1) is 5.92 Å². The van der Waals surface area contributed by atoms with Crippen molar-refractivity contribution in [3.8, 4) is 0 Å². The van der Waals surface area contributed by atoms with E-state index in [-0.39, 0.29) is 11.8 Å². The number of rotatable bonds is 4. The Morgan fingerprint density at radius 3 is 2.68 bits per heavy atom. The number of amides is 2. The number of carbonyl (C=O) groups is 2. The summed E-state index contributed by atoms with van der Waals surface area (Å²) in [7, 11) is 0. The molecule has 0 bridgehead atoms.